The van der Waals surface area contributed by atoms with Crippen molar-refractivity contribution >= 4 is 38.6 Å². The van der Waals surface area contributed by atoms with Crippen molar-refractivity contribution in [2.75, 3.05) is 21.1 Å². The Morgan fingerprint density at radius 3 is 2.48 bits per heavy atom. The lowest BCUT2D eigenvalue weighted by atomic mass is 10.2. The van der Waals surface area contributed by atoms with Gasteiger partial charge in [-0.1, -0.05) is 11.6 Å². The average Bonchev–Trinajstić information content (AvgIpc) is 2.98. The molecule has 0 spiro atoms. The summed E-state index contributed by atoms with van der Waals surface area (Å²) in [5.74, 6) is -0.340. The zero-order valence-corrected chi connectivity index (χ0v) is 17.9. The maximum Gasteiger partial charge on any atom is 0.253 e. The molecule has 1 heterocycles. The topological polar surface area (TPSA) is 75.5 Å². The van der Waals surface area contributed by atoms with Gasteiger partial charge in [-0.15, -0.1) is 0 Å². The minimum Gasteiger partial charge on any atom is -0.345 e. The maximum absolute atomic E-state index is 13.4. The number of nitrogens with zero attached hydrogens (tertiary/aromatic N) is 4. The highest BCUT2D eigenvalue weighted by atomic mass is 35.5. The number of amides is 1. The molecule has 7 nitrogen and oxygen atoms in total. The molecule has 2 aromatic carbocycles. The van der Waals surface area contributed by atoms with Crippen LogP contribution in [0, 0.1) is 5.82 Å². The van der Waals surface area contributed by atoms with Gasteiger partial charge in [0.25, 0.3) is 5.91 Å². The van der Waals surface area contributed by atoms with E-state index in [-0.39, 0.29) is 22.4 Å². The molecule has 0 aliphatic heterocycles. The highest BCUT2D eigenvalue weighted by Gasteiger charge is 2.24. The zero-order chi connectivity index (χ0) is 21.5. The minimum atomic E-state index is -3.90. The van der Waals surface area contributed by atoms with Gasteiger partial charge in [0.05, 0.1) is 27.5 Å². The van der Waals surface area contributed by atoms with Crippen molar-refractivity contribution in [2.24, 2.45) is 7.05 Å². The summed E-state index contributed by atoms with van der Waals surface area (Å²) in [6.45, 7) is -0.0144. The first-order chi connectivity index (χ1) is 13.5. The van der Waals surface area contributed by atoms with E-state index in [9.17, 15) is 17.6 Å². The van der Waals surface area contributed by atoms with Crippen LogP contribution in [-0.4, -0.2) is 54.2 Å². The second kappa shape index (κ2) is 7.74. The molecule has 29 heavy (non-hydrogen) atoms. The fraction of sp³-hybridized carbons (Fsp3) is 0.263. The van der Waals surface area contributed by atoms with Crippen LogP contribution in [0.2, 0.25) is 5.02 Å². The molecule has 0 saturated carbocycles. The molecule has 3 aromatic rings. The Hall–Kier alpha value is -2.49. The fourth-order valence-electron chi connectivity index (χ4n) is 2.88. The molecule has 0 unspecified atom stereocenters. The third kappa shape index (κ3) is 3.98. The molecule has 0 saturated heterocycles. The van der Waals surface area contributed by atoms with Crippen LogP contribution in [0.15, 0.2) is 41.3 Å². The first-order valence-corrected chi connectivity index (χ1v) is 10.4. The Bertz CT molecular complexity index is 1210. The Morgan fingerprint density at radius 1 is 1.17 bits per heavy atom. The lowest BCUT2D eigenvalue weighted by Gasteiger charge is -2.17. The predicted molar refractivity (Wildman–Crippen MR) is 109 cm³/mol. The lowest BCUT2D eigenvalue weighted by molar-refractivity contribution is 0.0827. The molecular formula is C19H20ClFN4O3S. The van der Waals surface area contributed by atoms with E-state index in [1.165, 1.54) is 18.0 Å². The number of carbonyl (C=O) groups excluding carboxylic acids is 1. The molecular weight excluding hydrogens is 419 g/mol. The quantitative estimate of drug-likeness (QED) is 0.613. The van der Waals surface area contributed by atoms with Crippen molar-refractivity contribution in [1.29, 1.82) is 0 Å². The van der Waals surface area contributed by atoms with Gasteiger partial charge in [0, 0.05) is 33.8 Å². The van der Waals surface area contributed by atoms with Gasteiger partial charge in [-0.05, 0) is 36.4 Å². The standard InChI is InChI=1S/C19H20ClFN4O3S/c1-23(2)19(26)12-5-8-17-16(9-12)22-18(25(17)4)11-24(3)29(27,28)13-6-7-15(21)14(20)10-13/h5-10H,11H2,1-4H3. The van der Waals surface area contributed by atoms with Crippen LogP contribution in [0.1, 0.15) is 16.2 Å². The first-order valence-electron chi connectivity index (χ1n) is 8.60. The highest BCUT2D eigenvalue weighted by Crippen LogP contribution is 2.24. The van der Waals surface area contributed by atoms with E-state index in [0.717, 1.165) is 22.0 Å². The monoisotopic (exact) mass is 438 g/mol. The number of rotatable bonds is 5. The number of hydrogen-bond donors (Lipinski definition) is 0. The Labute approximate surface area is 173 Å². The van der Waals surface area contributed by atoms with Crippen LogP contribution in [0.4, 0.5) is 4.39 Å². The van der Waals surface area contributed by atoms with Crippen LogP contribution < -0.4 is 0 Å². The SMILES string of the molecule is CN(C)C(=O)c1ccc2c(c1)nc(CN(C)S(=O)(=O)c1ccc(F)c(Cl)c1)n2C. The molecule has 0 fully saturated rings. The molecule has 10 heteroatoms. The fourth-order valence-corrected chi connectivity index (χ4v) is 4.28. The number of sulfonamides is 1. The molecule has 0 radical (unpaired) electrons. The lowest BCUT2D eigenvalue weighted by Crippen LogP contribution is -2.27. The van der Waals surface area contributed by atoms with E-state index in [4.69, 9.17) is 11.6 Å². The second-order valence-corrected chi connectivity index (χ2v) is 9.28. The van der Waals surface area contributed by atoms with E-state index in [0.29, 0.717) is 16.9 Å². The summed E-state index contributed by atoms with van der Waals surface area (Å²) >= 11 is 5.72. The summed E-state index contributed by atoms with van der Waals surface area (Å²) in [4.78, 5) is 18.0. The number of halogens is 2. The molecule has 0 aliphatic rings. The van der Waals surface area contributed by atoms with E-state index < -0.39 is 15.8 Å². The van der Waals surface area contributed by atoms with Crippen molar-refractivity contribution in [3.05, 3.63) is 58.6 Å². The molecule has 0 atom stereocenters. The van der Waals surface area contributed by atoms with E-state index in [2.05, 4.69) is 4.98 Å². The summed E-state index contributed by atoms with van der Waals surface area (Å²) in [7, 11) is 2.61. The van der Waals surface area contributed by atoms with Crippen LogP contribution in [0.3, 0.4) is 0 Å². The molecule has 3 rings (SSSR count). The minimum absolute atomic E-state index is 0.0144. The van der Waals surface area contributed by atoms with Gasteiger partial charge in [0.15, 0.2) is 0 Å². The summed E-state index contributed by atoms with van der Waals surface area (Å²) in [5.41, 5.74) is 1.85. The van der Waals surface area contributed by atoms with Crippen molar-refractivity contribution < 1.29 is 17.6 Å². The van der Waals surface area contributed by atoms with Gasteiger partial charge >= 0.3 is 0 Å². The first kappa shape index (κ1) is 21.2. The Kier molecular flexibility index (Phi) is 5.66. The molecule has 154 valence electrons. The van der Waals surface area contributed by atoms with Gasteiger partial charge in [0.1, 0.15) is 11.6 Å². The smallest absolute Gasteiger partial charge is 0.253 e. The van der Waals surface area contributed by atoms with Crippen molar-refractivity contribution in [3.63, 3.8) is 0 Å². The number of benzene rings is 2. The number of carbonyl (C=O) groups is 1. The number of aromatic nitrogens is 2. The number of aryl methyl sites for hydroxylation is 1. The van der Waals surface area contributed by atoms with Crippen LogP contribution in [-0.2, 0) is 23.6 Å². The third-order valence-corrected chi connectivity index (χ3v) is 6.68. The number of fused-ring (bicyclic) bond motifs is 1. The van der Waals surface area contributed by atoms with Crippen molar-refractivity contribution in [1.82, 2.24) is 18.8 Å². The largest absolute Gasteiger partial charge is 0.345 e. The van der Waals surface area contributed by atoms with E-state index >= 15 is 0 Å². The Balaban J connectivity index is 1.93. The molecule has 1 aromatic heterocycles. The molecule has 0 N–H and O–H groups in total. The van der Waals surface area contributed by atoms with Gasteiger partial charge in [-0.2, -0.15) is 4.31 Å². The normalized spacial score (nSPS) is 12.0. The van der Waals surface area contributed by atoms with Crippen LogP contribution in [0.25, 0.3) is 11.0 Å². The summed E-state index contributed by atoms with van der Waals surface area (Å²) in [6.07, 6.45) is 0. The van der Waals surface area contributed by atoms with Gasteiger partial charge in [0.2, 0.25) is 10.0 Å². The number of imidazole rings is 1. The third-order valence-electron chi connectivity index (χ3n) is 4.59. The van der Waals surface area contributed by atoms with Gasteiger partial charge in [-0.3, -0.25) is 4.79 Å². The summed E-state index contributed by atoms with van der Waals surface area (Å²) in [6, 6.07) is 8.42. The van der Waals surface area contributed by atoms with Crippen LogP contribution >= 0.6 is 11.6 Å². The number of hydrogen-bond acceptors (Lipinski definition) is 4. The molecule has 0 bridgehead atoms. The zero-order valence-electron chi connectivity index (χ0n) is 16.3. The maximum atomic E-state index is 13.4. The molecule has 1 amide bonds. The highest BCUT2D eigenvalue weighted by molar-refractivity contribution is 7.89. The van der Waals surface area contributed by atoms with E-state index in [1.54, 1.807) is 43.9 Å². The predicted octanol–water partition coefficient (Wildman–Crippen LogP) is 2.89. The summed E-state index contributed by atoms with van der Waals surface area (Å²) < 4.78 is 41.9. The average molecular weight is 439 g/mol. The molecule has 0 aliphatic carbocycles. The summed E-state index contributed by atoms with van der Waals surface area (Å²) in [5, 5.41) is -0.264. The van der Waals surface area contributed by atoms with Gasteiger partial charge in [-0.25, -0.2) is 17.8 Å². The van der Waals surface area contributed by atoms with Crippen molar-refractivity contribution in [3.8, 4) is 0 Å². The van der Waals surface area contributed by atoms with Crippen molar-refractivity contribution in [2.45, 2.75) is 11.4 Å². The van der Waals surface area contributed by atoms with Gasteiger partial charge < -0.3 is 9.47 Å². The Morgan fingerprint density at radius 2 is 1.86 bits per heavy atom. The van der Waals surface area contributed by atoms with E-state index in [1.807, 2.05) is 0 Å². The second-order valence-electron chi connectivity index (χ2n) is 6.83. The van der Waals surface area contributed by atoms with Crippen LogP contribution in [0.5, 0.6) is 0 Å².